The Morgan fingerprint density at radius 3 is 2.08 bits per heavy atom. The summed E-state index contributed by atoms with van der Waals surface area (Å²) in [6.07, 6.45) is -8.90. The largest absolute Gasteiger partial charge is 0.435 e. The van der Waals surface area contributed by atoms with Crippen molar-refractivity contribution in [2.75, 3.05) is 6.61 Å². The number of allylic oxidation sites excluding steroid dienone is 1. The maximum absolute atomic E-state index is 15.1. The Morgan fingerprint density at radius 2 is 1.61 bits per heavy atom. The van der Waals surface area contributed by atoms with E-state index in [4.69, 9.17) is 30.1 Å². The summed E-state index contributed by atoms with van der Waals surface area (Å²) in [6.45, 7) is -1.31. The number of amides is 1. The molecule has 13 heteroatoms. The molecule has 0 saturated carbocycles. The molecular formula is C25H25F3NO7PS. The number of aliphatic hydroxyl groups excluding tert-OH is 1. The quantitative estimate of drug-likeness (QED) is 0.350. The van der Waals surface area contributed by atoms with Crippen LogP contribution in [-0.2, 0) is 30.7 Å². The number of ether oxygens (including phenoxy) is 1. The molecule has 0 bridgehead atoms. The number of benzene rings is 2. The first-order valence-corrected chi connectivity index (χ1v) is 14.1. The number of hydrogen-bond donors (Lipinski definition) is 1. The summed E-state index contributed by atoms with van der Waals surface area (Å²) < 4.78 is 66.5. The highest BCUT2D eigenvalue weighted by molar-refractivity contribution is 8.07. The lowest BCUT2D eigenvalue weighted by molar-refractivity contribution is -0.199. The number of nitrogens with zero attached hydrogens (tertiary/aromatic N) is 1. The van der Waals surface area contributed by atoms with Crippen molar-refractivity contribution in [2.24, 2.45) is 0 Å². The second-order valence-electron chi connectivity index (χ2n) is 8.94. The van der Waals surface area contributed by atoms with E-state index in [9.17, 15) is 23.5 Å². The van der Waals surface area contributed by atoms with Crippen LogP contribution in [0, 0.1) is 13.8 Å². The molecule has 2 aromatic rings. The summed E-state index contributed by atoms with van der Waals surface area (Å²) in [6, 6.07) is 13.3. The lowest BCUT2D eigenvalue weighted by Crippen LogP contribution is -2.52. The Hall–Kier alpha value is -2.76. The number of alkyl halides is 3. The summed E-state index contributed by atoms with van der Waals surface area (Å²) in [5.41, 5.74) is -1.07. The SMILES string of the molecule is Cc1ccc(OP(=S)(OC[C@@]2(C(F)F)O[C@@H](N3C=CC(=O)CC3=O)[C@@H](F)[C@@H]2O)Oc2ccc(C)cc2)cc1. The van der Waals surface area contributed by atoms with Gasteiger partial charge in [0.05, 0.1) is 13.0 Å². The van der Waals surface area contributed by atoms with E-state index in [0.717, 1.165) is 23.4 Å². The average Bonchev–Trinajstić information content (AvgIpc) is 3.12. The third-order valence-electron chi connectivity index (χ3n) is 6.02. The van der Waals surface area contributed by atoms with E-state index in [-0.39, 0.29) is 11.5 Å². The Balaban J connectivity index is 1.61. The van der Waals surface area contributed by atoms with Gasteiger partial charge in [-0.05, 0) is 44.2 Å². The molecular weight excluding hydrogens is 546 g/mol. The van der Waals surface area contributed by atoms with Gasteiger partial charge in [-0.15, -0.1) is 0 Å². The second kappa shape index (κ2) is 11.2. The number of ketones is 1. The maximum Gasteiger partial charge on any atom is 0.435 e. The molecule has 1 amide bonds. The molecule has 2 heterocycles. The van der Waals surface area contributed by atoms with E-state index < -0.39 is 62.0 Å². The molecule has 1 fully saturated rings. The fraction of sp³-hybridized carbons (Fsp3) is 0.360. The fourth-order valence-electron chi connectivity index (χ4n) is 3.84. The molecule has 204 valence electrons. The van der Waals surface area contributed by atoms with E-state index in [2.05, 4.69) is 0 Å². The minimum absolute atomic E-state index is 0.236. The first-order valence-electron chi connectivity index (χ1n) is 11.5. The predicted octanol–water partition coefficient (Wildman–Crippen LogP) is 4.38. The van der Waals surface area contributed by atoms with E-state index in [0.29, 0.717) is 4.90 Å². The number of hydrogen-bond acceptors (Lipinski definition) is 8. The Bertz CT molecular complexity index is 1210. The smallest absolute Gasteiger partial charge is 0.416 e. The number of halogens is 3. The zero-order chi connectivity index (χ0) is 27.7. The summed E-state index contributed by atoms with van der Waals surface area (Å²) in [5.74, 6) is -0.926. The molecule has 0 aromatic heterocycles. The fourth-order valence-corrected chi connectivity index (χ4v) is 5.78. The van der Waals surface area contributed by atoms with Gasteiger partial charge in [0, 0.05) is 18.0 Å². The summed E-state index contributed by atoms with van der Waals surface area (Å²) in [5, 5.41) is 10.6. The van der Waals surface area contributed by atoms with Crippen LogP contribution in [0.3, 0.4) is 0 Å². The highest BCUT2D eigenvalue weighted by Crippen LogP contribution is 2.52. The van der Waals surface area contributed by atoms with Crippen molar-refractivity contribution in [3.63, 3.8) is 0 Å². The highest BCUT2D eigenvalue weighted by Gasteiger charge is 2.63. The molecule has 2 aliphatic heterocycles. The van der Waals surface area contributed by atoms with E-state index in [1.54, 1.807) is 48.5 Å². The Kier molecular flexibility index (Phi) is 8.29. The van der Waals surface area contributed by atoms with Gasteiger partial charge in [0.15, 0.2) is 23.8 Å². The first kappa shape index (κ1) is 28.3. The molecule has 1 N–H and O–H groups in total. The van der Waals surface area contributed by atoms with Gasteiger partial charge in [-0.1, -0.05) is 35.4 Å². The van der Waals surface area contributed by atoms with Crippen LogP contribution >= 0.6 is 6.72 Å². The molecule has 0 aliphatic carbocycles. The average molecular weight is 572 g/mol. The van der Waals surface area contributed by atoms with Crippen LogP contribution in [0.15, 0.2) is 60.8 Å². The van der Waals surface area contributed by atoms with Crippen molar-refractivity contribution in [3.8, 4) is 11.5 Å². The lowest BCUT2D eigenvalue weighted by atomic mass is 9.97. The third-order valence-corrected chi connectivity index (χ3v) is 8.10. The van der Waals surface area contributed by atoms with Gasteiger partial charge in [0.2, 0.25) is 5.91 Å². The molecule has 0 spiro atoms. The van der Waals surface area contributed by atoms with Crippen molar-refractivity contribution in [1.82, 2.24) is 4.90 Å². The zero-order valence-electron chi connectivity index (χ0n) is 20.3. The first-order chi connectivity index (χ1) is 17.9. The van der Waals surface area contributed by atoms with Crippen molar-refractivity contribution in [3.05, 3.63) is 71.9 Å². The maximum atomic E-state index is 15.1. The molecule has 4 atom stereocenters. The van der Waals surface area contributed by atoms with Crippen molar-refractivity contribution >= 4 is 30.2 Å². The third kappa shape index (κ3) is 5.94. The van der Waals surface area contributed by atoms with Crippen molar-refractivity contribution in [1.29, 1.82) is 0 Å². The summed E-state index contributed by atoms with van der Waals surface area (Å²) in [7, 11) is 0. The predicted molar refractivity (Wildman–Crippen MR) is 134 cm³/mol. The van der Waals surface area contributed by atoms with Gasteiger partial charge in [0.1, 0.15) is 17.6 Å². The van der Waals surface area contributed by atoms with Crippen LogP contribution in [-0.4, -0.2) is 58.8 Å². The number of aryl methyl sites for hydroxylation is 2. The number of carbonyl (C=O) groups is 2. The highest BCUT2D eigenvalue weighted by atomic mass is 32.5. The van der Waals surface area contributed by atoms with Crippen LogP contribution in [0.1, 0.15) is 17.5 Å². The van der Waals surface area contributed by atoms with Crippen LogP contribution in [0.2, 0.25) is 0 Å². The van der Waals surface area contributed by atoms with Gasteiger partial charge >= 0.3 is 6.72 Å². The number of aliphatic hydroxyl groups is 1. The monoisotopic (exact) mass is 571 g/mol. The zero-order valence-corrected chi connectivity index (χ0v) is 22.0. The summed E-state index contributed by atoms with van der Waals surface area (Å²) >= 11 is 5.51. The number of rotatable bonds is 9. The minimum atomic E-state index is -3.90. The van der Waals surface area contributed by atoms with E-state index >= 15 is 4.39 Å². The minimum Gasteiger partial charge on any atom is -0.416 e. The Labute approximate surface area is 222 Å². The van der Waals surface area contributed by atoms with Crippen molar-refractivity contribution in [2.45, 2.75) is 50.8 Å². The van der Waals surface area contributed by atoms with Gasteiger partial charge < -0.3 is 18.9 Å². The molecule has 4 rings (SSSR count). The summed E-state index contributed by atoms with van der Waals surface area (Å²) in [4.78, 5) is 24.4. The van der Waals surface area contributed by atoms with E-state index in [1.807, 2.05) is 13.8 Å². The normalized spacial score (nSPS) is 25.8. The topological polar surface area (TPSA) is 94.5 Å². The van der Waals surface area contributed by atoms with E-state index in [1.165, 1.54) is 0 Å². The molecule has 8 nitrogen and oxygen atoms in total. The van der Waals surface area contributed by atoms with Crippen LogP contribution in [0.4, 0.5) is 13.2 Å². The molecule has 0 unspecified atom stereocenters. The molecule has 1 saturated heterocycles. The molecule has 0 radical (unpaired) electrons. The molecule has 2 aliphatic rings. The van der Waals surface area contributed by atoms with Gasteiger partial charge in [-0.2, -0.15) is 0 Å². The van der Waals surface area contributed by atoms with Gasteiger partial charge in [-0.3, -0.25) is 19.0 Å². The molecule has 2 aromatic carbocycles. The molecule has 38 heavy (non-hydrogen) atoms. The standard InChI is InChI=1S/C25H25F3NO7PS/c1-15-3-7-18(8-4-15)35-37(38,36-19-9-5-16(2)6-10-19)33-14-25(24(27)28)22(32)21(26)23(34-25)29-12-11-17(30)13-20(29)31/h3-12,21-24,32H,13-14H2,1-2H3/t21-,22-,23+,25+/m0/s1. The van der Waals surface area contributed by atoms with Gasteiger partial charge in [-0.25, -0.2) is 13.2 Å². The van der Waals surface area contributed by atoms with Crippen molar-refractivity contribution < 1.29 is 46.2 Å². The Morgan fingerprint density at radius 1 is 1.08 bits per heavy atom. The second-order valence-corrected chi connectivity index (χ2v) is 11.8. The van der Waals surface area contributed by atoms with Crippen LogP contribution in [0.5, 0.6) is 11.5 Å². The lowest BCUT2D eigenvalue weighted by Gasteiger charge is -2.33. The van der Waals surface area contributed by atoms with Crippen LogP contribution in [0.25, 0.3) is 0 Å². The van der Waals surface area contributed by atoms with Crippen LogP contribution < -0.4 is 9.05 Å². The number of carbonyl (C=O) groups excluding carboxylic acids is 2. The van der Waals surface area contributed by atoms with Gasteiger partial charge in [0.25, 0.3) is 6.43 Å².